The minimum absolute atomic E-state index is 0.0805. The SMILES string of the molecule is O=C(c1cccc2[nH]ccc12)N1CC2(C1)C(CN1CCOCC1)CCS2(=O)=O. The molecule has 0 radical (unpaired) electrons. The maximum Gasteiger partial charge on any atom is 0.254 e. The number of carbonyl (C=O) groups is 1. The molecule has 2 aromatic rings. The zero-order valence-corrected chi connectivity index (χ0v) is 16.6. The van der Waals surface area contributed by atoms with Crippen molar-refractivity contribution in [3.05, 3.63) is 36.0 Å². The molecule has 4 heterocycles. The molecule has 1 aromatic heterocycles. The number of carbonyl (C=O) groups excluding carboxylic acids is 1. The van der Waals surface area contributed by atoms with E-state index >= 15 is 0 Å². The van der Waals surface area contributed by atoms with E-state index in [1.54, 1.807) is 4.90 Å². The fraction of sp³-hybridized carbons (Fsp3) is 0.550. The van der Waals surface area contributed by atoms with E-state index in [9.17, 15) is 13.2 Å². The lowest BCUT2D eigenvalue weighted by atomic mass is 9.82. The maximum atomic E-state index is 13.1. The zero-order chi connectivity index (χ0) is 19.4. The third kappa shape index (κ3) is 2.69. The molecule has 0 saturated carbocycles. The zero-order valence-electron chi connectivity index (χ0n) is 15.8. The molecule has 1 unspecified atom stereocenters. The van der Waals surface area contributed by atoms with E-state index in [1.165, 1.54) is 0 Å². The number of hydrogen-bond acceptors (Lipinski definition) is 5. The maximum absolute atomic E-state index is 13.1. The van der Waals surface area contributed by atoms with Gasteiger partial charge < -0.3 is 14.6 Å². The summed E-state index contributed by atoms with van der Waals surface area (Å²) in [5.41, 5.74) is 1.55. The number of nitrogens with one attached hydrogen (secondary N) is 1. The van der Waals surface area contributed by atoms with E-state index < -0.39 is 14.6 Å². The quantitative estimate of drug-likeness (QED) is 0.831. The number of morpholine rings is 1. The monoisotopic (exact) mass is 403 g/mol. The highest BCUT2D eigenvalue weighted by atomic mass is 32.2. The van der Waals surface area contributed by atoms with Crippen LogP contribution in [0.5, 0.6) is 0 Å². The second-order valence-corrected chi connectivity index (χ2v) is 10.6. The Hall–Kier alpha value is -1.90. The van der Waals surface area contributed by atoms with Gasteiger partial charge in [-0.15, -0.1) is 0 Å². The van der Waals surface area contributed by atoms with Gasteiger partial charge in [-0.05, 0) is 30.5 Å². The van der Waals surface area contributed by atoms with Gasteiger partial charge in [0.1, 0.15) is 4.75 Å². The number of sulfone groups is 1. The number of benzene rings is 1. The second kappa shape index (κ2) is 6.57. The molecule has 0 bridgehead atoms. The highest BCUT2D eigenvalue weighted by Gasteiger charge is 2.62. The summed E-state index contributed by atoms with van der Waals surface area (Å²) < 4.78 is 30.5. The number of hydrogen-bond donors (Lipinski definition) is 1. The molecule has 8 heteroatoms. The van der Waals surface area contributed by atoms with Gasteiger partial charge in [0.2, 0.25) is 0 Å². The number of H-pyrrole nitrogens is 1. The lowest BCUT2D eigenvalue weighted by Crippen LogP contribution is -2.69. The molecule has 3 saturated heterocycles. The minimum Gasteiger partial charge on any atom is -0.379 e. The Balaban J connectivity index is 1.36. The molecular formula is C20H25N3O4S. The summed E-state index contributed by atoms with van der Waals surface area (Å²) in [5, 5.41) is 0.882. The standard InChI is InChI=1S/C20H25N3O4S/c24-19(17-2-1-3-18-16(17)4-6-21-18)23-13-20(14-23)15(5-11-28(20,25)26)12-22-7-9-27-10-8-22/h1-4,6,15,21H,5,7-14H2. The van der Waals surface area contributed by atoms with Gasteiger partial charge in [-0.2, -0.15) is 0 Å². The molecule has 3 aliphatic rings. The molecule has 1 spiro atoms. The smallest absolute Gasteiger partial charge is 0.254 e. The van der Waals surface area contributed by atoms with Crippen molar-refractivity contribution in [2.45, 2.75) is 11.2 Å². The fourth-order valence-corrected chi connectivity index (χ4v) is 7.42. The second-order valence-electron chi connectivity index (χ2n) is 8.19. The first-order valence-electron chi connectivity index (χ1n) is 9.88. The molecule has 7 nitrogen and oxygen atoms in total. The van der Waals surface area contributed by atoms with Crippen LogP contribution in [0.3, 0.4) is 0 Å². The predicted octanol–water partition coefficient (Wildman–Crippen LogP) is 1.13. The van der Waals surface area contributed by atoms with Crippen molar-refractivity contribution in [3.63, 3.8) is 0 Å². The van der Waals surface area contributed by atoms with Crippen molar-refractivity contribution in [3.8, 4) is 0 Å². The first-order chi connectivity index (χ1) is 13.5. The first kappa shape index (κ1) is 18.1. The van der Waals surface area contributed by atoms with Crippen molar-refractivity contribution in [1.29, 1.82) is 0 Å². The highest BCUT2D eigenvalue weighted by molar-refractivity contribution is 7.93. The van der Waals surface area contributed by atoms with Crippen molar-refractivity contribution in [2.75, 3.05) is 51.7 Å². The Kier molecular flexibility index (Phi) is 4.26. The Morgan fingerprint density at radius 3 is 2.79 bits per heavy atom. The number of rotatable bonds is 3. The average molecular weight is 404 g/mol. The molecule has 1 atom stereocenters. The van der Waals surface area contributed by atoms with Crippen molar-refractivity contribution in [2.24, 2.45) is 5.92 Å². The molecular weight excluding hydrogens is 378 g/mol. The number of likely N-dealkylation sites (tertiary alicyclic amines) is 1. The van der Waals surface area contributed by atoms with E-state index in [2.05, 4.69) is 9.88 Å². The van der Waals surface area contributed by atoms with Crippen LogP contribution in [0.2, 0.25) is 0 Å². The van der Waals surface area contributed by atoms with Crippen molar-refractivity contribution < 1.29 is 17.9 Å². The van der Waals surface area contributed by atoms with Crippen LogP contribution in [-0.4, -0.2) is 85.5 Å². The molecule has 5 rings (SSSR count). The molecule has 150 valence electrons. The van der Waals surface area contributed by atoms with E-state index in [-0.39, 0.29) is 17.6 Å². The molecule has 3 fully saturated rings. The van der Waals surface area contributed by atoms with Gasteiger partial charge in [0.15, 0.2) is 9.84 Å². The summed E-state index contributed by atoms with van der Waals surface area (Å²) in [6.07, 6.45) is 2.51. The number of nitrogens with zero attached hydrogens (tertiary/aromatic N) is 2. The van der Waals surface area contributed by atoms with Gasteiger partial charge in [-0.25, -0.2) is 8.42 Å². The van der Waals surface area contributed by atoms with Crippen LogP contribution in [0.1, 0.15) is 16.8 Å². The number of ether oxygens (including phenoxy) is 1. The molecule has 1 amide bonds. The largest absolute Gasteiger partial charge is 0.379 e. The summed E-state index contributed by atoms with van der Waals surface area (Å²) in [5.74, 6) is 0.239. The Morgan fingerprint density at radius 1 is 1.21 bits per heavy atom. The summed E-state index contributed by atoms with van der Waals surface area (Å²) in [4.78, 5) is 20.2. The van der Waals surface area contributed by atoms with Crippen LogP contribution < -0.4 is 0 Å². The van der Waals surface area contributed by atoms with Crippen molar-refractivity contribution >= 4 is 26.6 Å². The average Bonchev–Trinajstić information content (AvgIpc) is 3.23. The number of aromatic nitrogens is 1. The van der Waals surface area contributed by atoms with E-state index in [0.29, 0.717) is 38.3 Å². The summed E-state index contributed by atoms with van der Waals surface area (Å²) in [7, 11) is -3.19. The van der Waals surface area contributed by atoms with E-state index in [1.807, 2.05) is 30.5 Å². The minimum atomic E-state index is -3.19. The van der Waals surface area contributed by atoms with Gasteiger partial charge in [0.05, 0.1) is 19.0 Å². The Labute approximate surface area is 164 Å². The third-order valence-corrected chi connectivity index (χ3v) is 9.31. The Morgan fingerprint density at radius 2 is 2.00 bits per heavy atom. The summed E-state index contributed by atoms with van der Waals surface area (Å²) in [6.45, 7) is 4.51. The van der Waals surface area contributed by atoms with E-state index in [0.717, 1.165) is 30.5 Å². The summed E-state index contributed by atoms with van der Waals surface area (Å²) >= 11 is 0. The first-order valence-corrected chi connectivity index (χ1v) is 11.5. The molecule has 3 aliphatic heterocycles. The number of amides is 1. The van der Waals surface area contributed by atoms with Gasteiger partial charge >= 0.3 is 0 Å². The molecule has 28 heavy (non-hydrogen) atoms. The Bertz CT molecular complexity index is 1000. The topological polar surface area (TPSA) is 82.7 Å². The van der Waals surface area contributed by atoms with E-state index in [4.69, 9.17) is 4.74 Å². The lowest BCUT2D eigenvalue weighted by molar-refractivity contribution is 0.0141. The van der Waals surface area contributed by atoms with Crippen LogP contribution >= 0.6 is 0 Å². The highest BCUT2D eigenvalue weighted by Crippen LogP contribution is 2.45. The predicted molar refractivity (Wildman–Crippen MR) is 106 cm³/mol. The lowest BCUT2D eigenvalue weighted by Gasteiger charge is -2.50. The van der Waals surface area contributed by atoms with Gasteiger partial charge in [0.25, 0.3) is 5.91 Å². The molecule has 1 N–H and O–H groups in total. The summed E-state index contributed by atoms with van der Waals surface area (Å²) in [6, 6.07) is 7.50. The van der Waals surface area contributed by atoms with Gasteiger partial charge in [-0.3, -0.25) is 9.69 Å². The van der Waals surface area contributed by atoms with Crippen LogP contribution in [0.4, 0.5) is 0 Å². The van der Waals surface area contributed by atoms with Crippen LogP contribution in [0.25, 0.3) is 10.9 Å². The van der Waals surface area contributed by atoms with Crippen LogP contribution in [0.15, 0.2) is 30.5 Å². The fourth-order valence-electron chi connectivity index (χ4n) is 5.01. The normalized spacial score (nSPS) is 26.6. The van der Waals surface area contributed by atoms with Crippen LogP contribution in [0, 0.1) is 5.92 Å². The van der Waals surface area contributed by atoms with Gasteiger partial charge in [0, 0.05) is 55.4 Å². The number of aromatic amines is 1. The number of fused-ring (bicyclic) bond motifs is 1. The van der Waals surface area contributed by atoms with Crippen LogP contribution in [-0.2, 0) is 14.6 Å². The molecule has 1 aromatic carbocycles. The third-order valence-electron chi connectivity index (χ3n) is 6.71. The molecule has 0 aliphatic carbocycles. The van der Waals surface area contributed by atoms with Gasteiger partial charge in [-0.1, -0.05) is 6.07 Å². The van der Waals surface area contributed by atoms with Crippen molar-refractivity contribution in [1.82, 2.24) is 14.8 Å².